The summed E-state index contributed by atoms with van der Waals surface area (Å²) in [6.45, 7) is 0.156. The third-order valence-electron chi connectivity index (χ3n) is 5.71. The zero-order valence-electron chi connectivity index (χ0n) is 16.6. The smallest absolute Gasteiger partial charge is 0.317 e. The Balaban J connectivity index is 1.74. The van der Waals surface area contributed by atoms with Gasteiger partial charge in [0.2, 0.25) is 0 Å². The van der Waals surface area contributed by atoms with Gasteiger partial charge in [-0.15, -0.1) is 0 Å². The fraction of sp³-hybridized carbons (Fsp3) is 0.208. The summed E-state index contributed by atoms with van der Waals surface area (Å²) in [6, 6.07) is 26.2. The number of carbonyl (C=O) groups is 1. The summed E-state index contributed by atoms with van der Waals surface area (Å²) < 4.78 is 11.0. The Kier molecular flexibility index (Phi) is 5.17. The monoisotopic (exact) mass is 399 g/mol. The predicted octanol–water partition coefficient (Wildman–Crippen LogP) is 5.29. The summed E-state index contributed by atoms with van der Waals surface area (Å²) in [5, 5.41) is 4.14. The Morgan fingerprint density at radius 2 is 1.60 bits per heavy atom. The van der Waals surface area contributed by atoms with Gasteiger partial charge in [0.05, 0.1) is 12.6 Å². The van der Waals surface area contributed by atoms with E-state index in [0.29, 0.717) is 12.2 Å². The second kappa shape index (κ2) is 7.93. The largest absolute Gasteiger partial charge is 0.497 e. The van der Waals surface area contributed by atoms with Crippen molar-refractivity contribution in [3.63, 3.8) is 0 Å². The quantitative estimate of drug-likeness (QED) is 0.234. The molecule has 0 saturated heterocycles. The van der Waals surface area contributed by atoms with Crippen molar-refractivity contribution in [3.05, 3.63) is 112 Å². The van der Waals surface area contributed by atoms with E-state index in [1.54, 1.807) is 19.2 Å². The van der Waals surface area contributed by atoms with Crippen molar-refractivity contribution in [2.45, 2.75) is 24.0 Å². The lowest BCUT2D eigenvalue weighted by Crippen LogP contribution is -2.31. The minimum atomic E-state index is -1.08. The molecule has 0 N–H and O–H groups in total. The molecule has 150 valence electrons. The highest BCUT2D eigenvalue weighted by Gasteiger charge is 2.74. The number of hydrogen-bond acceptors (Lipinski definition) is 4. The van der Waals surface area contributed by atoms with E-state index in [0.717, 1.165) is 16.7 Å². The molecule has 0 aliphatic heterocycles. The molecule has 0 heterocycles. The van der Waals surface area contributed by atoms with E-state index in [9.17, 15) is 10.3 Å². The van der Waals surface area contributed by atoms with Crippen LogP contribution in [-0.4, -0.2) is 13.1 Å². The number of benzene rings is 3. The summed E-state index contributed by atoms with van der Waals surface area (Å²) in [7, 11) is 1.59. The van der Waals surface area contributed by atoms with Crippen LogP contribution >= 0.6 is 0 Å². The minimum absolute atomic E-state index is 0.156. The van der Waals surface area contributed by atoms with E-state index in [2.05, 4.69) is 10.0 Å². The molecule has 1 saturated carbocycles. The Labute approximate surface area is 174 Å². The Morgan fingerprint density at radius 1 is 0.967 bits per heavy atom. The molecule has 6 heteroatoms. The average Bonchev–Trinajstić information content (AvgIpc) is 3.50. The fourth-order valence-electron chi connectivity index (χ4n) is 4.08. The molecule has 0 unspecified atom stereocenters. The standard InChI is InChI=1S/C24H21N3O3/c1-29-21-14-12-20(13-15-21)24(26-27-25)17-23(24,19-10-6-3-7-11-19)22(28)30-16-18-8-4-2-5-9-18/h2-15H,16-17H2,1H3/t23-,24-/m1/s1. The Morgan fingerprint density at radius 3 is 2.20 bits per heavy atom. The van der Waals surface area contributed by atoms with Gasteiger partial charge >= 0.3 is 5.97 Å². The van der Waals surface area contributed by atoms with E-state index < -0.39 is 16.9 Å². The van der Waals surface area contributed by atoms with Crippen LogP contribution in [0.25, 0.3) is 10.4 Å². The van der Waals surface area contributed by atoms with Gasteiger partial charge in [-0.05, 0) is 40.8 Å². The van der Waals surface area contributed by atoms with Crippen molar-refractivity contribution in [2.75, 3.05) is 7.11 Å². The van der Waals surface area contributed by atoms with Gasteiger partial charge in [0, 0.05) is 4.91 Å². The summed E-state index contributed by atoms with van der Waals surface area (Å²) in [5.74, 6) is 0.285. The number of nitrogens with zero attached hydrogens (tertiary/aromatic N) is 3. The fourth-order valence-corrected chi connectivity index (χ4v) is 4.08. The van der Waals surface area contributed by atoms with Crippen LogP contribution in [0.4, 0.5) is 0 Å². The van der Waals surface area contributed by atoms with Crippen LogP contribution < -0.4 is 4.74 Å². The molecule has 0 spiro atoms. The highest BCUT2D eigenvalue weighted by Crippen LogP contribution is 2.67. The zero-order valence-corrected chi connectivity index (χ0v) is 16.6. The molecule has 6 nitrogen and oxygen atoms in total. The number of hydrogen-bond donors (Lipinski definition) is 0. The Hall–Kier alpha value is -3.76. The number of esters is 1. The minimum Gasteiger partial charge on any atom is -0.497 e. The molecule has 4 rings (SSSR count). The predicted molar refractivity (Wildman–Crippen MR) is 113 cm³/mol. The molecule has 0 amide bonds. The number of methoxy groups -OCH3 is 1. The maximum atomic E-state index is 13.5. The lowest BCUT2D eigenvalue weighted by atomic mass is 9.87. The first-order chi connectivity index (χ1) is 14.7. The molecule has 2 atom stereocenters. The van der Waals surface area contributed by atoms with Crippen molar-refractivity contribution >= 4 is 5.97 Å². The first-order valence-corrected chi connectivity index (χ1v) is 9.64. The van der Waals surface area contributed by atoms with Gasteiger partial charge in [-0.3, -0.25) is 4.79 Å². The second-order valence-electron chi connectivity index (χ2n) is 7.29. The molecule has 3 aromatic rings. The third kappa shape index (κ3) is 3.17. The topological polar surface area (TPSA) is 84.3 Å². The van der Waals surface area contributed by atoms with Crippen LogP contribution in [0.5, 0.6) is 5.75 Å². The average molecular weight is 399 g/mol. The van der Waals surface area contributed by atoms with Gasteiger partial charge in [-0.2, -0.15) is 0 Å². The van der Waals surface area contributed by atoms with Crippen molar-refractivity contribution < 1.29 is 14.3 Å². The summed E-state index contributed by atoms with van der Waals surface area (Å²) in [5.41, 5.74) is 9.64. The SMILES string of the molecule is COc1ccc([C@]2(N=[N+]=[N-])C[C@]2(C(=O)OCc2ccccc2)c2ccccc2)cc1. The number of ether oxygens (including phenoxy) is 2. The lowest BCUT2D eigenvalue weighted by Gasteiger charge is -2.22. The second-order valence-corrected chi connectivity index (χ2v) is 7.29. The van der Waals surface area contributed by atoms with Crippen molar-refractivity contribution in [1.82, 2.24) is 0 Å². The van der Waals surface area contributed by atoms with Crippen molar-refractivity contribution in [1.29, 1.82) is 0 Å². The van der Waals surface area contributed by atoms with Crippen molar-refractivity contribution in [2.24, 2.45) is 5.11 Å². The summed E-state index contributed by atoms with van der Waals surface area (Å²) in [4.78, 5) is 16.6. The first-order valence-electron chi connectivity index (χ1n) is 9.64. The van der Waals surface area contributed by atoms with Crippen LogP contribution in [-0.2, 0) is 27.1 Å². The van der Waals surface area contributed by atoms with Crippen LogP contribution in [0.15, 0.2) is 90.0 Å². The third-order valence-corrected chi connectivity index (χ3v) is 5.71. The number of rotatable bonds is 7. The normalized spacial score (nSPS) is 21.9. The molecule has 1 fully saturated rings. The number of azide groups is 1. The molecular weight excluding hydrogens is 378 g/mol. The number of carbonyl (C=O) groups excluding carboxylic acids is 1. The molecule has 1 aliphatic carbocycles. The van der Waals surface area contributed by atoms with Gasteiger partial charge in [-0.25, -0.2) is 0 Å². The molecule has 1 aliphatic rings. The molecule has 30 heavy (non-hydrogen) atoms. The van der Waals surface area contributed by atoms with Gasteiger partial charge in [-0.1, -0.05) is 77.9 Å². The molecule has 3 aromatic carbocycles. The highest BCUT2D eigenvalue weighted by atomic mass is 16.5. The van der Waals surface area contributed by atoms with Gasteiger partial charge < -0.3 is 9.47 Å². The highest BCUT2D eigenvalue weighted by molar-refractivity contribution is 5.91. The molecular formula is C24H21N3O3. The lowest BCUT2D eigenvalue weighted by molar-refractivity contribution is -0.148. The molecule has 0 radical (unpaired) electrons. The van der Waals surface area contributed by atoms with Crippen LogP contribution in [0, 0.1) is 0 Å². The van der Waals surface area contributed by atoms with Gasteiger partial charge in [0.25, 0.3) is 0 Å². The van der Waals surface area contributed by atoms with Crippen LogP contribution in [0.1, 0.15) is 23.1 Å². The molecule has 0 bridgehead atoms. The van der Waals surface area contributed by atoms with E-state index in [-0.39, 0.29) is 6.61 Å². The summed E-state index contributed by atoms with van der Waals surface area (Å²) >= 11 is 0. The van der Waals surface area contributed by atoms with E-state index in [4.69, 9.17) is 9.47 Å². The van der Waals surface area contributed by atoms with E-state index in [1.165, 1.54) is 0 Å². The zero-order chi connectivity index (χ0) is 21.0. The first kappa shape index (κ1) is 19.6. The van der Waals surface area contributed by atoms with Crippen LogP contribution in [0.3, 0.4) is 0 Å². The summed E-state index contributed by atoms with van der Waals surface area (Å²) in [6.07, 6.45) is 0.341. The van der Waals surface area contributed by atoms with Gasteiger partial charge in [0.15, 0.2) is 0 Å². The maximum Gasteiger partial charge on any atom is 0.317 e. The maximum absolute atomic E-state index is 13.5. The van der Waals surface area contributed by atoms with Gasteiger partial charge in [0.1, 0.15) is 17.8 Å². The molecule has 0 aromatic heterocycles. The van der Waals surface area contributed by atoms with E-state index >= 15 is 0 Å². The van der Waals surface area contributed by atoms with E-state index in [1.807, 2.05) is 72.8 Å². The van der Waals surface area contributed by atoms with Crippen molar-refractivity contribution in [3.8, 4) is 5.75 Å². The van der Waals surface area contributed by atoms with Crippen LogP contribution in [0.2, 0.25) is 0 Å². The Bertz CT molecular complexity index is 1080.